The van der Waals surface area contributed by atoms with E-state index in [2.05, 4.69) is 97.9 Å². The summed E-state index contributed by atoms with van der Waals surface area (Å²) in [6.07, 6.45) is 0. The van der Waals surface area contributed by atoms with Crippen LogP contribution >= 0.6 is 0 Å². The minimum absolute atomic E-state index is 0.739. The number of benzene rings is 3. The van der Waals surface area contributed by atoms with Gasteiger partial charge in [0, 0.05) is 0 Å². The van der Waals surface area contributed by atoms with E-state index < -0.39 is 10.2 Å². The van der Waals surface area contributed by atoms with Crippen LogP contribution < -0.4 is 18.5 Å². The lowest BCUT2D eigenvalue weighted by atomic mass is 10.1. The Kier molecular flexibility index (Phi) is 6.88. The van der Waals surface area contributed by atoms with Crippen LogP contribution in [0, 0.1) is 10.2 Å². The van der Waals surface area contributed by atoms with Crippen LogP contribution in [0.5, 0.6) is 0 Å². The van der Waals surface area contributed by atoms with Gasteiger partial charge in [0.1, 0.15) is 17.1 Å². The SMILES string of the molecule is CC[N+](c1ccccc1)(c1ccccc1)c1ccccc1.[O-][Cl+3]([O-])([O-])O. The zero-order valence-electron chi connectivity index (χ0n) is 14.4. The second kappa shape index (κ2) is 8.91. The molecule has 3 aromatic rings. The molecule has 0 aliphatic heterocycles. The summed E-state index contributed by atoms with van der Waals surface area (Å²) < 4.78 is 33.5. The van der Waals surface area contributed by atoms with Crippen molar-refractivity contribution in [3.8, 4) is 0 Å². The molecule has 6 heteroatoms. The van der Waals surface area contributed by atoms with Crippen molar-refractivity contribution in [3.05, 3.63) is 91.0 Å². The zero-order chi connectivity index (χ0) is 19.0. The Bertz CT molecular complexity index is 675. The third-order valence-corrected chi connectivity index (χ3v) is 4.07. The van der Waals surface area contributed by atoms with Gasteiger partial charge in [0.15, 0.2) is 0 Å². The van der Waals surface area contributed by atoms with E-state index in [-0.39, 0.29) is 0 Å². The number of halogens is 1. The van der Waals surface area contributed by atoms with Gasteiger partial charge in [0.2, 0.25) is 0 Å². The number of hydrogen-bond acceptors (Lipinski definition) is 4. The van der Waals surface area contributed by atoms with Crippen LogP contribution in [0.4, 0.5) is 17.1 Å². The molecule has 0 bridgehead atoms. The number of quaternary nitrogens is 1. The third kappa shape index (κ3) is 5.12. The lowest BCUT2D eigenvalue weighted by Crippen LogP contribution is -2.58. The Hall–Kier alpha value is -2.25. The Balaban J connectivity index is 0.000000431. The monoisotopic (exact) mass is 374 g/mol. The van der Waals surface area contributed by atoms with E-state index in [1.165, 1.54) is 17.1 Å². The van der Waals surface area contributed by atoms with E-state index in [1.807, 2.05) is 0 Å². The maximum Gasteiger partial charge on any atom is 0.143 e. The van der Waals surface area contributed by atoms with Crippen molar-refractivity contribution in [1.29, 1.82) is 0 Å². The lowest BCUT2D eigenvalue weighted by Gasteiger charge is -2.36. The van der Waals surface area contributed by atoms with Crippen LogP contribution in [0.15, 0.2) is 91.0 Å². The van der Waals surface area contributed by atoms with E-state index >= 15 is 0 Å². The first-order valence-electron chi connectivity index (χ1n) is 8.06. The molecule has 0 saturated carbocycles. The first-order chi connectivity index (χ1) is 12.4. The Morgan fingerprint density at radius 3 is 1.08 bits per heavy atom. The normalized spacial score (nSPS) is 11.4. The molecule has 0 fully saturated rings. The number of hydrogen-bond donors (Lipinski definition) is 1. The summed E-state index contributed by atoms with van der Waals surface area (Å²) in [7, 11) is -4.69. The molecule has 0 heterocycles. The van der Waals surface area contributed by atoms with Crippen molar-refractivity contribution >= 4 is 17.1 Å². The second-order valence-electron chi connectivity index (χ2n) is 5.53. The molecule has 0 aliphatic rings. The van der Waals surface area contributed by atoms with Gasteiger partial charge < -0.3 is 0 Å². The van der Waals surface area contributed by atoms with Crippen molar-refractivity contribution in [2.75, 3.05) is 6.54 Å². The molecule has 0 atom stereocenters. The molecular weight excluding hydrogens is 354 g/mol. The highest BCUT2D eigenvalue weighted by Crippen LogP contribution is 2.42. The molecule has 0 amide bonds. The summed E-state index contributed by atoms with van der Waals surface area (Å²) in [6.45, 7) is 3.21. The van der Waals surface area contributed by atoms with Crippen LogP contribution in [0.2, 0.25) is 0 Å². The average molecular weight is 375 g/mol. The molecule has 0 spiro atoms. The average Bonchev–Trinajstić information content (AvgIpc) is 2.64. The van der Waals surface area contributed by atoms with Crippen molar-refractivity contribution < 1.29 is 28.9 Å². The van der Waals surface area contributed by atoms with Gasteiger partial charge in [-0.1, -0.05) is 54.6 Å². The molecule has 1 N–H and O–H groups in total. The summed E-state index contributed by atoms with van der Waals surface area (Å²) in [5.74, 6) is 0. The fourth-order valence-corrected chi connectivity index (χ4v) is 3.04. The predicted octanol–water partition coefficient (Wildman–Crippen LogP) is 1.55. The summed E-state index contributed by atoms with van der Waals surface area (Å²) in [6, 6.07) is 32.2. The first kappa shape index (κ1) is 20.1. The van der Waals surface area contributed by atoms with Crippen LogP contribution in [0.1, 0.15) is 6.92 Å². The van der Waals surface area contributed by atoms with Gasteiger partial charge in [-0.05, 0) is 43.3 Å². The highest BCUT2D eigenvalue weighted by Gasteiger charge is 2.33. The fourth-order valence-electron chi connectivity index (χ4n) is 3.04. The highest BCUT2D eigenvalue weighted by atomic mass is 35.7. The van der Waals surface area contributed by atoms with E-state index in [1.54, 1.807) is 0 Å². The third-order valence-electron chi connectivity index (χ3n) is 4.07. The summed E-state index contributed by atoms with van der Waals surface area (Å²) in [4.78, 5) is 0. The zero-order valence-corrected chi connectivity index (χ0v) is 15.1. The minimum atomic E-state index is -4.69. The summed E-state index contributed by atoms with van der Waals surface area (Å²) in [5, 5.41) is 0. The molecular formula is C20H21ClNO4+. The van der Waals surface area contributed by atoms with E-state index in [0.29, 0.717) is 0 Å². The van der Waals surface area contributed by atoms with Gasteiger partial charge in [0.25, 0.3) is 0 Å². The van der Waals surface area contributed by atoms with Crippen molar-refractivity contribution in [1.82, 2.24) is 4.48 Å². The largest absolute Gasteiger partial charge is 0.227 e. The van der Waals surface area contributed by atoms with Crippen molar-refractivity contribution in [2.45, 2.75) is 6.92 Å². The molecule has 5 nitrogen and oxygen atoms in total. The number of rotatable bonds is 4. The molecule has 3 aromatic carbocycles. The van der Waals surface area contributed by atoms with Gasteiger partial charge in [-0.3, -0.25) is 0 Å². The Morgan fingerprint density at radius 1 is 0.654 bits per heavy atom. The predicted molar refractivity (Wildman–Crippen MR) is 93.2 cm³/mol. The van der Waals surface area contributed by atoms with E-state index in [0.717, 1.165) is 11.0 Å². The molecule has 136 valence electrons. The van der Waals surface area contributed by atoms with Gasteiger partial charge >= 0.3 is 0 Å². The second-order valence-corrected chi connectivity index (χ2v) is 6.32. The first-order valence-corrected chi connectivity index (χ1v) is 9.32. The highest BCUT2D eigenvalue weighted by molar-refractivity contribution is 5.70. The molecule has 0 radical (unpaired) electrons. The molecule has 3 rings (SSSR count). The van der Waals surface area contributed by atoms with E-state index in [9.17, 15) is 0 Å². The van der Waals surface area contributed by atoms with Gasteiger partial charge in [-0.15, -0.1) is 0 Å². The van der Waals surface area contributed by atoms with Crippen LogP contribution in [0.3, 0.4) is 0 Å². The van der Waals surface area contributed by atoms with Crippen LogP contribution in [-0.2, 0) is 0 Å². The number of para-hydroxylation sites is 3. The van der Waals surface area contributed by atoms with Gasteiger partial charge in [0.05, 0.1) is 21.4 Å². The molecule has 0 saturated heterocycles. The molecule has 0 aliphatic carbocycles. The Morgan fingerprint density at radius 2 is 0.885 bits per heavy atom. The smallest absolute Gasteiger partial charge is 0.143 e. The summed E-state index contributed by atoms with van der Waals surface area (Å²) >= 11 is 0. The Labute approximate surface area is 155 Å². The lowest BCUT2D eigenvalue weighted by molar-refractivity contribution is -1.92. The summed E-state index contributed by atoms with van der Waals surface area (Å²) in [5.41, 5.74) is 3.87. The standard InChI is InChI=1S/C20H20N.ClHO4/c1-2-21(18-12-6-3-7-13-18,19-14-8-4-9-15-19)20-16-10-5-11-17-20;2-1(3,4)5/h3-17H,2H2,1H3;(H,2,3,4,5)/q+1;. The fraction of sp³-hybridized carbons (Fsp3) is 0.100. The van der Waals surface area contributed by atoms with Crippen molar-refractivity contribution in [3.63, 3.8) is 0 Å². The molecule has 0 unspecified atom stereocenters. The molecule has 26 heavy (non-hydrogen) atoms. The quantitative estimate of drug-likeness (QED) is 0.702. The number of nitrogens with zero attached hydrogens (tertiary/aromatic N) is 1. The van der Waals surface area contributed by atoms with Gasteiger partial charge in [-0.25, -0.2) is 4.48 Å². The van der Waals surface area contributed by atoms with Crippen LogP contribution in [0.25, 0.3) is 0 Å². The van der Waals surface area contributed by atoms with Crippen LogP contribution in [-0.4, -0.2) is 11.2 Å². The molecule has 0 aromatic heterocycles. The van der Waals surface area contributed by atoms with E-state index in [4.69, 9.17) is 18.6 Å². The van der Waals surface area contributed by atoms with Gasteiger partial charge in [-0.2, -0.15) is 14.0 Å². The minimum Gasteiger partial charge on any atom is -0.227 e. The maximum absolute atomic E-state index is 8.60. The topological polar surface area (TPSA) is 89.4 Å². The van der Waals surface area contributed by atoms with Crippen molar-refractivity contribution in [2.24, 2.45) is 0 Å². The maximum atomic E-state index is 8.60.